The number of nitro groups is 1. The van der Waals surface area contributed by atoms with E-state index in [0.717, 1.165) is 4.70 Å². The van der Waals surface area contributed by atoms with E-state index in [1.54, 1.807) is 32.4 Å². The zero-order valence-corrected chi connectivity index (χ0v) is 13.9. The molecule has 0 fully saturated rings. The molecule has 0 unspecified atom stereocenters. The van der Waals surface area contributed by atoms with E-state index in [1.165, 1.54) is 22.9 Å². The zero-order chi connectivity index (χ0) is 17.4. The molecule has 9 nitrogen and oxygen atoms in total. The van der Waals surface area contributed by atoms with Crippen molar-refractivity contribution in [2.45, 2.75) is 6.92 Å². The molecule has 0 saturated carbocycles. The summed E-state index contributed by atoms with van der Waals surface area (Å²) in [5.41, 5.74) is 0.455. The monoisotopic (exact) mass is 347 g/mol. The van der Waals surface area contributed by atoms with Gasteiger partial charge < -0.3 is 4.74 Å². The molecule has 3 aromatic rings. The summed E-state index contributed by atoms with van der Waals surface area (Å²) >= 11 is 1.25. The van der Waals surface area contributed by atoms with Crippen LogP contribution in [0.1, 0.15) is 16.2 Å². The average molecular weight is 347 g/mol. The van der Waals surface area contributed by atoms with E-state index in [0.29, 0.717) is 22.1 Å². The summed E-state index contributed by atoms with van der Waals surface area (Å²) in [5, 5.41) is 18.0. The number of nitrogens with zero attached hydrogens (tertiary/aromatic N) is 4. The molecule has 0 spiro atoms. The third kappa shape index (κ3) is 2.67. The lowest BCUT2D eigenvalue weighted by Crippen LogP contribution is -2.14. The van der Waals surface area contributed by atoms with Gasteiger partial charge >= 0.3 is 5.69 Å². The van der Waals surface area contributed by atoms with E-state index in [9.17, 15) is 14.9 Å². The van der Waals surface area contributed by atoms with Crippen molar-refractivity contribution in [2.75, 3.05) is 12.4 Å². The topological polar surface area (TPSA) is 112 Å². The predicted molar refractivity (Wildman–Crippen MR) is 88.7 cm³/mol. The summed E-state index contributed by atoms with van der Waals surface area (Å²) in [6.07, 6.45) is 0. The standard InChI is InChI=1S/C14H13N5O4S/c1-7-12(19(21)22)11(17-18(7)2)13(20)16-14-15-9-5-4-8(23-3)6-10(9)24-14/h4-6H,1-3H3,(H,15,16,20). The van der Waals surface area contributed by atoms with Crippen LogP contribution < -0.4 is 10.1 Å². The van der Waals surface area contributed by atoms with Crippen molar-refractivity contribution in [3.63, 3.8) is 0 Å². The first-order chi connectivity index (χ1) is 11.4. The first-order valence-corrected chi connectivity index (χ1v) is 7.66. The van der Waals surface area contributed by atoms with Crippen LogP contribution in [0.15, 0.2) is 18.2 Å². The van der Waals surface area contributed by atoms with Gasteiger partial charge in [0.15, 0.2) is 5.13 Å². The summed E-state index contributed by atoms with van der Waals surface area (Å²) in [6.45, 7) is 1.53. The van der Waals surface area contributed by atoms with Gasteiger partial charge in [0.25, 0.3) is 5.91 Å². The predicted octanol–water partition coefficient (Wildman–Crippen LogP) is 2.51. The van der Waals surface area contributed by atoms with E-state index in [2.05, 4.69) is 15.4 Å². The summed E-state index contributed by atoms with van der Waals surface area (Å²) < 4.78 is 7.28. The molecule has 0 radical (unpaired) electrons. The molecule has 0 aliphatic rings. The van der Waals surface area contributed by atoms with Crippen molar-refractivity contribution in [2.24, 2.45) is 7.05 Å². The maximum atomic E-state index is 12.4. The van der Waals surface area contributed by atoms with Crippen molar-refractivity contribution >= 4 is 38.3 Å². The quantitative estimate of drug-likeness (QED) is 0.573. The van der Waals surface area contributed by atoms with Gasteiger partial charge in [-0.3, -0.25) is 24.9 Å². The Balaban J connectivity index is 1.93. The Morgan fingerprint density at radius 3 is 2.88 bits per heavy atom. The van der Waals surface area contributed by atoms with Crippen LogP contribution in [0, 0.1) is 17.0 Å². The van der Waals surface area contributed by atoms with Crippen molar-refractivity contribution in [3.05, 3.63) is 39.7 Å². The molecule has 0 aliphatic carbocycles. The maximum absolute atomic E-state index is 12.4. The van der Waals surface area contributed by atoms with E-state index in [4.69, 9.17) is 4.74 Å². The third-order valence-electron chi connectivity index (χ3n) is 3.52. The van der Waals surface area contributed by atoms with E-state index < -0.39 is 10.8 Å². The molecule has 0 bridgehead atoms. The van der Waals surface area contributed by atoms with Crippen molar-refractivity contribution < 1.29 is 14.5 Å². The molecule has 1 N–H and O–H groups in total. The first kappa shape index (κ1) is 15.9. The van der Waals surface area contributed by atoms with Crippen LogP contribution in [0.25, 0.3) is 10.2 Å². The molecular formula is C14H13N5O4S. The molecule has 0 aliphatic heterocycles. The number of benzene rings is 1. The fourth-order valence-corrected chi connectivity index (χ4v) is 3.10. The van der Waals surface area contributed by atoms with Crippen LogP contribution in [-0.4, -0.2) is 32.7 Å². The lowest BCUT2D eigenvalue weighted by atomic mass is 10.3. The fourth-order valence-electron chi connectivity index (χ4n) is 2.21. The van der Waals surface area contributed by atoms with Crippen LogP contribution in [0.3, 0.4) is 0 Å². The number of anilines is 1. The summed E-state index contributed by atoms with van der Waals surface area (Å²) in [5.74, 6) is 0.0106. The molecular weight excluding hydrogens is 334 g/mol. The molecule has 124 valence electrons. The van der Waals surface area contributed by atoms with Gasteiger partial charge in [0.2, 0.25) is 5.69 Å². The number of aryl methyl sites for hydroxylation is 1. The Kier molecular flexibility index (Phi) is 3.89. The largest absolute Gasteiger partial charge is 0.497 e. The number of carbonyl (C=O) groups excluding carboxylic acids is 1. The maximum Gasteiger partial charge on any atom is 0.322 e. The Labute approximate surface area is 140 Å². The summed E-state index contributed by atoms with van der Waals surface area (Å²) in [4.78, 5) is 27.2. The van der Waals surface area contributed by atoms with Crippen molar-refractivity contribution in [1.29, 1.82) is 0 Å². The molecule has 3 rings (SSSR count). The Bertz CT molecular complexity index is 962. The van der Waals surface area contributed by atoms with Gasteiger partial charge in [-0.05, 0) is 25.1 Å². The van der Waals surface area contributed by atoms with Gasteiger partial charge in [0.1, 0.15) is 11.4 Å². The number of carbonyl (C=O) groups is 1. The smallest absolute Gasteiger partial charge is 0.322 e. The van der Waals surface area contributed by atoms with Crippen molar-refractivity contribution in [3.8, 4) is 5.75 Å². The molecule has 24 heavy (non-hydrogen) atoms. The zero-order valence-electron chi connectivity index (χ0n) is 13.1. The summed E-state index contributed by atoms with van der Waals surface area (Å²) in [6, 6.07) is 5.34. The molecule has 0 atom stereocenters. The Hall–Kier alpha value is -3.01. The highest BCUT2D eigenvalue weighted by atomic mass is 32.1. The lowest BCUT2D eigenvalue weighted by Gasteiger charge is -1.97. The molecule has 10 heteroatoms. The van der Waals surface area contributed by atoms with E-state index in [1.807, 2.05) is 0 Å². The molecule has 2 aromatic heterocycles. The average Bonchev–Trinajstić information content (AvgIpc) is 3.07. The normalized spacial score (nSPS) is 10.8. The van der Waals surface area contributed by atoms with Gasteiger partial charge in [-0.15, -0.1) is 0 Å². The number of methoxy groups -OCH3 is 1. The van der Waals surface area contributed by atoms with Gasteiger partial charge in [-0.2, -0.15) is 5.10 Å². The minimum atomic E-state index is -0.670. The van der Waals surface area contributed by atoms with Gasteiger partial charge in [0.05, 0.1) is 22.2 Å². The van der Waals surface area contributed by atoms with Crippen LogP contribution >= 0.6 is 11.3 Å². The highest BCUT2D eigenvalue weighted by molar-refractivity contribution is 7.22. The SMILES string of the molecule is COc1ccc2nc(NC(=O)c3nn(C)c(C)c3[N+](=O)[O-])sc2c1. The number of thiazole rings is 1. The number of aromatic nitrogens is 3. The van der Waals surface area contributed by atoms with Crippen LogP contribution in [-0.2, 0) is 7.05 Å². The molecule has 1 amide bonds. The Morgan fingerprint density at radius 1 is 1.46 bits per heavy atom. The van der Waals surface area contributed by atoms with E-state index >= 15 is 0 Å². The lowest BCUT2D eigenvalue weighted by molar-refractivity contribution is -0.385. The van der Waals surface area contributed by atoms with Crippen LogP contribution in [0.5, 0.6) is 5.75 Å². The number of rotatable bonds is 4. The molecule has 0 saturated heterocycles. The van der Waals surface area contributed by atoms with Gasteiger partial charge in [-0.1, -0.05) is 11.3 Å². The highest BCUT2D eigenvalue weighted by Gasteiger charge is 2.29. The Morgan fingerprint density at radius 2 is 2.21 bits per heavy atom. The second kappa shape index (κ2) is 5.89. The minimum Gasteiger partial charge on any atom is -0.497 e. The van der Waals surface area contributed by atoms with Crippen molar-refractivity contribution in [1.82, 2.24) is 14.8 Å². The second-order valence-corrected chi connectivity index (χ2v) is 6.00. The number of nitrogens with one attached hydrogen (secondary N) is 1. The van der Waals surface area contributed by atoms with E-state index in [-0.39, 0.29) is 11.4 Å². The highest BCUT2D eigenvalue weighted by Crippen LogP contribution is 2.30. The van der Waals surface area contributed by atoms with Crippen LogP contribution in [0.4, 0.5) is 10.8 Å². The fraction of sp³-hybridized carbons (Fsp3) is 0.214. The number of hydrogen-bond donors (Lipinski definition) is 1. The second-order valence-electron chi connectivity index (χ2n) is 4.97. The molecule has 2 heterocycles. The number of amides is 1. The minimum absolute atomic E-state index is 0.239. The first-order valence-electron chi connectivity index (χ1n) is 6.84. The van der Waals surface area contributed by atoms with Gasteiger partial charge in [0, 0.05) is 7.05 Å². The number of fused-ring (bicyclic) bond motifs is 1. The number of ether oxygens (including phenoxy) is 1. The number of hydrogen-bond acceptors (Lipinski definition) is 7. The van der Waals surface area contributed by atoms with Gasteiger partial charge in [-0.25, -0.2) is 4.98 Å². The third-order valence-corrected chi connectivity index (χ3v) is 4.45. The summed E-state index contributed by atoms with van der Waals surface area (Å²) in [7, 11) is 3.11. The van der Waals surface area contributed by atoms with Crippen LogP contribution in [0.2, 0.25) is 0 Å². The molecule has 1 aromatic carbocycles.